The van der Waals surface area contributed by atoms with E-state index in [4.69, 9.17) is 9.47 Å². The van der Waals surface area contributed by atoms with Gasteiger partial charge in [-0.3, -0.25) is 4.79 Å². The summed E-state index contributed by atoms with van der Waals surface area (Å²) in [7, 11) is 1.33. The van der Waals surface area contributed by atoms with Gasteiger partial charge in [-0.2, -0.15) is 0 Å². The van der Waals surface area contributed by atoms with Crippen molar-refractivity contribution in [3.63, 3.8) is 0 Å². The first-order valence-electron chi connectivity index (χ1n) is 9.52. The zero-order valence-corrected chi connectivity index (χ0v) is 17.9. The summed E-state index contributed by atoms with van der Waals surface area (Å²) in [5.41, 5.74) is 2.87. The molecule has 0 radical (unpaired) electrons. The monoisotopic (exact) mass is 421 g/mol. The van der Waals surface area contributed by atoms with Crippen LogP contribution in [0.1, 0.15) is 27.7 Å². The van der Waals surface area contributed by atoms with Crippen molar-refractivity contribution in [2.45, 2.75) is 13.8 Å². The molecule has 1 heterocycles. The van der Waals surface area contributed by atoms with E-state index in [1.165, 1.54) is 24.5 Å². The highest BCUT2D eigenvalue weighted by Crippen LogP contribution is 2.40. The Labute approximate surface area is 180 Å². The molecule has 2 aromatic carbocycles. The number of methoxy groups -OCH3 is 1. The second-order valence-electron chi connectivity index (χ2n) is 6.42. The van der Waals surface area contributed by atoms with Crippen molar-refractivity contribution in [2.24, 2.45) is 0 Å². The number of nitrogens with one attached hydrogen (secondary N) is 1. The smallest absolute Gasteiger partial charge is 0.341 e. The Bertz CT molecular complexity index is 1050. The van der Waals surface area contributed by atoms with Gasteiger partial charge in [-0.1, -0.05) is 42.5 Å². The fourth-order valence-electron chi connectivity index (χ4n) is 3.05. The fraction of sp³-hybridized carbons (Fsp3) is 0.167. The molecule has 0 bridgehead atoms. The lowest BCUT2D eigenvalue weighted by Crippen LogP contribution is -2.11. The number of anilines is 1. The van der Waals surface area contributed by atoms with Gasteiger partial charge in [0, 0.05) is 16.5 Å². The summed E-state index contributed by atoms with van der Waals surface area (Å²) in [6.45, 7) is 4.42. The summed E-state index contributed by atoms with van der Waals surface area (Å²) >= 11 is 1.35. The minimum atomic E-state index is -0.495. The molecule has 0 aliphatic heterocycles. The average molecular weight is 422 g/mol. The van der Waals surface area contributed by atoms with E-state index in [1.54, 1.807) is 6.08 Å². The molecule has 30 heavy (non-hydrogen) atoms. The topological polar surface area (TPSA) is 64.6 Å². The van der Waals surface area contributed by atoms with Gasteiger partial charge in [-0.15, -0.1) is 11.3 Å². The Morgan fingerprint density at radius 2 is 1.77 bits per heavy atom. The molecule has 1 N–H and O–H groups in total. The van der Waals surface area contributed by atoms with Crippen molar-refractivity contribution in [3.05, 3.63) is 76.7 Å². The third-order valence-corrected chi connectivity index (χ3v) is 5.41. The predicted octanol–water partition coefficient (Wildman–Crippen LogP) is 5.56. The highest BCUT2D eigenvalue weighted by atomic mass is 32.1. The van der Waals surface area contributed by atoms with Crippen molar-refractivity contribution in [1.29, 1.82) is 0 Å². The summed E-state index contributed by atoms with van der Waals surface area (Å²) in [5.74, 6) is -0.0533. The van der Waals surface area contributed by atoms with Crippen LogP contribution in [-0.4, -0.2) is 25.6 Å². The van der Waals surface area contributed by atoms with Gasteiger partial charge in [-0.25, -0.2) is 4.79 Å². The lowest BCUT2D eigenvalue weighted by atomic mass is 10.0. The van der Waals surface area contributed by atoms with Crippen LogP contribution in [0.2, 0.25) is 0 Å². The lowest BCUT2D eigenvalue weighted by molar-refractivity contribution is -0.111. The molecule has 6 heteroatoms. The number of carbonyl (C=O) groups is 2. The zero-order chi connectivity index (χ0) is 21.5. The van der Waals surface area contributed by atoms with Crippen LogP contribution in [0.15, 0.2) is 60.7 Å². The number of hydrogen-bond donors (Lipinski definition) is 1. The van der Waals surface area contributed by atoms with Crippen LogP contribution < -0.4 is 10.1 Å². The number of ether oxygens (including phenoxy) is 2. The number of aryl methyl sites for hydroxylation is 1. The first-order chi connectivity index (χ1) is 14.5. The van der Waals surface area contributed by atoms with E-state index in [-0.39, 0.29) is 5.91 Å². The zero-order valence-electron chi connectivity index (χ0n) is 17.1. The molecule has 3 rings (SSSR count). The molecule has 5 nitrogen and oxygen atoms in total. The number of rotatable bonds is 7. The molecule has 0 aliphatic rings. The highest BCUT2D eigenvalue weighted by molar-refractivity contribution is 7.17. The van der Waals surface area contributed by atoms with Crippen LogP contribution in [0.25, 0.3) is 17.2 Å². The highest BCUT2D eigenvalue weighted by Gasteiger charge is 2.24. The van der Waals surface area contributed by atoms with E-state index >= 15 is 0 Å². The maximum absolute atomic E-state index is 12.6. The molecule has 0 saturated carbocycles. The molecule has 154 valence electrons. The number of hydrogen-bond acceptors (Lipinski definition) is 5. The van der Waals surface area contributed by atoms with Crippen LogP contribution in [0.4, 0.5) is 5.00 Å². The molecule has 3 aromatic rings. The fourth-order valence-corrected chi connectivity index (χ4v) is 4.12. The van der Waals surface area contributed by atoms with Gasteiger partial charge >= 0.3 is 5.97 Å². The second kappa shape index (κ2) is 9.89. The van der Waals surface area contributed by atoms with Gasteiger partial charge in [0.1, 0.15) is 16.3 Å². The first kappa shape index (κ1) is 21.3. The molecule has 0 saturated heterocycles. The van der Waals surface area contributed by atoms with Gasteiger partial charge in [0.15, 0.2) is 0 Å². The van der Waals surface area contributed by atoms with Crippen molar-refractivity contribution < 1.29 is 19.1 Å². The Morgan fingerprint density at radius 3 is 2.40 bits per heavy atom. The summed E-state index contributed by atoms with van der Waals surface area (Å²) in [6.07, 6.45) is 3.17. The first-order valence-corrected chi connectivity index (χ1v) is 10.3. The summed E-state index contributed by atoms with van der Waals surface area (Å²) in [6, 6.07) is 17.0. The predicted molar refractivity (Wildman–Crippen MR) is 121 cm³/mol. The van der Waals surface area contributed by atoms with Gasteiger partial charge < -0.3 is 14.8 Å². The maximum Gasteiger partial charge on any atom is 0.341 e. The summed E-state index contributed by atoms with van der Waals surface area (Å²) in [4.78, 5) is 25.9. The number of carbonyl (C=O) groups excluding carboxylic acids is 2. The van der Waals surface area contributed by atoms with Crippen LogP contribution in [0.5, 0.6) is 5.75 Å². The Morgan fingerprint density at radius 1 is 1.07 bits per heavy atom. The molecule has 0 fully saturated rings. The van der Waals surface area contributed by atoms with Crippen molar-refractivity contribution in [1.82, 2.24) is 0 Å². The van der Waals surface area contributed by atoms with E-state index in [9.17, 15) is 9.59 Å². The maximum atomic E-state index is 12.6. The van der Waals surface area contributed by atoms with E-state index in [0.29, 0.717) is 17.2 Å². The van der Waals surface area contributed by atoms with Gasteiger partial charge in [0.2, 0.25) is 5.91 Å². The Kier molecular flexibility index (Phi) is 7.03. The van der Waals surface area contributed by atoms with E-state index < -0.39 is 5.97 Å². The molecule has 0 spiro atoms. The normalized spacial score (nSPS) is 10.8. The van der Waals surface area contributed by atoms with Gasteiger partial charge in [0.05, 0.1) is 13.7 Å². The molecule has 1 aromatic heterocycles. The third kappa shape index (κ3) is 4.96. The minimum Gasteiger partial charge on any atom is -0.494 e. The lowest BCUT2D eigenvalue weighted by Gasteiger charge is -2.08. The van der Waals surface area contributed by atoms with Crippen molar-refractivity contribution in [2.75, 3.05) is 19.0 Å². The second-order valence-corrected chi connectivity index (χ2v) is 7.64. The van der Waals surface area contributed by atoms with E-state index in [1.807, 2.05) is 68.4 Å². The minimum absolute atomic E-state index is 0.316. The average Bonchev–Trinajstić information content (AvgIpc) is 3.08. The van der Waals surface area contributed by atoms with Crippen molar-refractivity contribution >= 4 is 34.3 Å². The van der Waals surface area contributed by atoms with Crippen LogP contribution >= 0.6 is 11.3 Å². The molecular formula is C24H23NO4S. The molecule has 1 amide bonds. The van der Waals surface area contributed by atoms with Crippen LogP contribution in [0.3, 0.4) is 0 Å². The van der Waals surface area contributed by atoms with Crippen LogP contribution in [-0.2, 0) is 9.53 Å². The Balaban J connectivity index is 1.91. The van der Waals surface area contributed by atoms with E-state index in [0.717, 1.165) is 27.3 Å². The molecule has 0 aliphatic carbocycles. The van der Waals surface area contributed by atoms with Crippen LogP contribution in [0, 0.1) is 6.92 Å². The van der Waals surface area contributed by atoms with E-state index in [2.05, 4.69) is 5.32 Å². The number of esters is 1. The standard InChI is InChI=1S/C24H23NO4S/c1-4-29-19-13-11-18(12-14-19)21-16(2)30-23(22(21)24(27)28-3)25-20(26)15-10-17-8-6-5-7-9-17/h5-15H,4H2,1-3H3,(H,25,26)/b15-10+. The quantitative estimate of drug-likeness (QED) is 0.401. The van der Waals surface area contributed by atoms with Crippen molar-refractivity contribution in [3.8, 4) is 16.9 Å². The SMILES string of the molecule is CCOc1ccc(-c2c(C)sc(NC(=O)/C=C/c3ccccc3)c2C(=O)OC)cc1. The number of thiophene rings is 1. The summed E-state index contributed by atoms with van der Waals surface area (Å²) < 4.78 is 10.5. The number of benzene rings is 2. The molecule has 0 unspecified atom stereocenters. The summed E-state index contributed by atoms with van der Waals surface area (Å²) in [5, 5.41) is 3.29. The molecular weight excluding hydrogens is 398 g/mol. The molecule has 0 atom stereocenters. The number of amides is 1. The van der Waals surface area contributed by atoms with Gasteiger partial charge in [-0.05, 0) is 43.2 Å². The van der Waals surface area contributed by atoms with Gasteiger partial charge in [0.25, 0.3) is 0 Å². The Hall–Kier alpha value is -3.38. The third-order valence-electron chi connectivity index (χ3n) is 4.39. The largest absolute Gasteiger partial charge is 0.494 e.